The average Bonchev–Trinajstić information content (AvgIpc) is 2.45. The standard InChI is InChI=1S/C17H25NO3/c1-12-8-13(2)17(14(3)9-12)21-11-16(20)18-7-5-4-6-15(18)10-19/h8-9,15,19H,4-7,10-11H2,1-3H3. The van der Waals surface area contributed by atoms with E-state index in [4.69, 9.17) is 4.74 Å². The van der Waals surface area contributed by atoms with Crippen molar-refractivity contribution in [2.75, 3.05) is 19.8 Å². The Morgan fingerprint density at radius 3 is 2.57 bits per heavy atom. The molecule has 1 fully saturated rings. The molecule has 1 saturated heterocycles. The van der Waals surface area contributed by atoms with E-state index in [9.17, 15) is 9.90 Å². The minimum Gasteiger partial charge on any atom is -0.483 e. The van der Waals surface area contributed by atoms with Gasteiger partial charge in [0.15, 0.2) is 6.61 Å². The number of piperidine rings is 1. The van der Waals surface area contributed by atoms with E-state index in [0.29, 0.717) is 0 Å². The zero-order chi connectivity index (χ0) is 15.4. The summed E-state index contributed by atoms with van der Waals surface area (Å²) >= 11 is 0. The summed E-state index contributed by atoms with van der Waals surface area (Å²) in [7, 11) is 0. The maximum absolute atomic E-state index is 12.3. The maximum atomic E-state index is 12.3. The minimum atomic E-state index is -0.0462. The quantitative estimate of drug-likeness (QED) is 0.926. The molecule has 0 bridgehead atoms. The largest absolute Gasteiger partial charge is 0.483 e. The van der Waals surface area contributed by atoms with Crippen molar-refractivity contribution >= 4 is 5.91 Å². The number of aryl methyl sites for hydroxylation is 3. The van der Waals surface area contributed by atoms with Crippen molar-refractivity contribution < 1.29 is 14.6 Å². The predicted molar refractivity (Wildman–Crippen MR) is 82.6 cm³/mol. The fourth-order valence-electron chi connectivity index (χ4n) is 3.13. The van der Waals surface area contributed by atoms with Gasteiger partial charge in [-0.05, 0) is 51.2 Å². The van der Waals surface area contributed by atoms with Gasteiger partial charge in [0, 0.05) is 6.54 Å². The van der Waals surface area contributed by atoms with Crippen LogP contribution in [-0.2, 0) is 4.79 Å². The molecule has 0 spiro atoms. The third kappa shape index (κ3) is 3.76. The average molecular weight is 291 g/mol. The molecule has 116 valence electrons. The van der Waals surface area contributed by atoms with Gasteiger partial charge in [0.25, 0.3) is 5.91 Å². The van der Waals surface area contributed by atoms with Gasteiger partial charge in [-0.15, -0.1) is 0 Å². The highest BCUT2D eigenvalue weighted by Crippen LogP contribution is 2.25. The van der Waals surface area contributed by atoms with Gasteiger partial charge in [0.05, 0.1) is 12.6 Å². The molecule has 1 N–H and O–H groups in total. The van der Waals surface area contributed by atoms with E-state index in [1.807, 2.05) is 13.8 Å². The zero-order valence-electron chi connectivity index (χ0n) is 13.2. The van der Waals surface area contributed by atoms with Crippen molar-refractivity contribution in [3.63, 3.8) is 0 Å². The first kappa shape index (κ1) is 15.8. The fraction of sp³-hybridized carbons (Fsp3) is 0.588. The SMILES string of the molecule is Cc1cc(C)c(OCC(=O)N2CCCCC2CO)c(C)c1. The van der Waals surface area contributed by atoms with E-state index in [1.165, 1.54) is 5.56 Å². The van der Waals surface area contributed by atoms with E-state index in [1.54, 1.807) is 4.90 Å². The van der Waals surface area contributed by atoms with Crippen LogP contribution < -0.4 is 4.74 Å². The Hall–Kier alpha value is -1.55. The second kappa shape index (κ2) is 6.94. The summed E-state index contributed by atoms with van der Waals surface area (Å²) < 4.78 is 5.76. The van der Waals surface area contributed by atoms with Gasteiger partial charge in [-0.2, -0.15) is 0 Å². The molecule has 1 aromatic carbocycles. The monoisotopic (exact) mass is 291 g/mol. The van der Waals surface area contributed by atoms with Gasteiger partial charge < -0.3 is 14.7 Å². The number of carbonyl (C=O) groups is 1. The van der Waals surface area contributed by atoms with Crippen LogP contribution in [-0.4, -0.2) is 41.7 Å². The third-order valence-electron chi connectivity index (χ3n) is 4.10. The van der Waals surface area contributed by atoms with E-state index >= 15 is 0 Å². The van der Waals surface area contributed by atoms with Crippen LogP contribution in [0.2, 0.25) is 0 Å². The predicted octanol–water partition coefficient (Wildman–Crippen LogP) is 2.36. The topological polar surface area (TPSA) is 49.8 Å². The lowest BCUT2D eigenvalue weighted by atomic mass is 10.0. The van der Waals surface area contributed by atoms with Crippen LogP contribution in [0.4, 0.5) is 0 Å². The number of rotatable bonds is 4. The van der Waals surface area contributed by atoms with Crippen LogP contribution in [0.25, 0.3) is 0 Å². The van der Waals surface area contributed by atoms with Crippen molar-refractivity contribution in [3.05, 3.63) is 28.8 Å². The van der Waals surface area contributed by atoms with Gasteiger partial charge in [-0.25, -0.2) is 0 Å². The number of nitrogens with zero attached hydrogens (tertiary/aromatic N) is 1. The highest BCUT2D eigenvalue weighted by molar-refractivity contribution is 5.78. The Morgan fingerprint density at radius 2 is 1.95 bits per heavy atom. The molecule has 1 atom stereocenters. The van der Waals surface area contributed by atoms with Crippen LogP contribution in [0.1, 0.15) is 36.0 Å². The van der Waals surface area contributed by atoms with Crippen molar-refractivity contribution in [2.24, 2.45) is 0 Å². The molecule has 1 aliphatic heterocycles. The summed E-state index contributed by atoms with van der Waals surface area (Å²) in [5.41, 5.74) is 3.30. The van der Waals surface area contributed by atoms with Gasteiger partial charge in [-0.3, -0.25) is 4.79 Å². The molecule has 1 unspecified atom stereocenters. The van der Waals surface area contributed by atoms with E-state index in [0.717, 1.165) is 42.7 Å². The van der Waals surface area contributed by atoms with E-state index in [2.05, 4.69) is 19.1 Å². The molecule has 1 aliphatic rings. The third-order valence-corrected chi connectivity index (χ3v) is 4.10. The van der Waals surface area contributed by atoms with Crippen molar-refractivity contribution in [3.8, 4) is 5.75 Å². The molecule has 0 aliphatic carbocycles. The van der Waals surface area contributed by atoms with Crippen LogP contribution >= 0.6 is 0 Å². The second-order valence-electron chi connectivity index (χ2n) is 5.94. The van der Waals surface area contributed by atoms with Crippen LogP contribution in [0.5, 0.6) is 5.75 Å². The smallest absolute Gasteiger partial charge is 0.260 e. The van der Waals surface area contributed by atoms with Crippen LogP contribution in [0, 0.1) is 20.8 Å². The first-order chi connectivity index (χ1) is 10.0. The number of benzene rings is 1. The first-order valence-corrected chi connectivity index (χ1v) is 7.64. The molecule has 0 radical (unpaired) electrons. The number of likely N-dealkylation sites (tertiary alicyclic amines) is 1. The zero-order valence-corrected chi connectivity index (χ0v) is 13.2. The van der Waals surface area contributed by atoms with E-state index < -0.39 is 0 Å². The Balaban J connectivity index is 2.01. The molecular weight excluding hydrogens is 266 g/mol. The molecule has 1 amide bonds. The summed E-state index contributed by atoms with van der Waals surface area (Å²) in [5, 5.41) is 9.38. The fourth-order valence-corrected chi connectivity index (χ4v) is 3.13. The molecule has 2 rings (SSSR count). The van der Waals surface area contributed by atoms with Gasteiger partial charge in [0.1, 0.15) is 5.75 Å². The first-order valence-electron chi connectivity index (χ1n) is 7.64. The summed E-state index contributed by atoms with van der Waals surface area (Å²) in [4.78, 5) is 14.1. The number of hydrogen-bond acceptors (Lipinski definition) is 3. The lowest BCUT2D eigenvalue weighted by Gasteiger charge is -2.34. The van der Waals surface area contributed by atoms with E-state index in [-0.39, 0.29) is 25.2 Å². The lowest BCUT2D eigenvalue weighted by molar-refractivity contribution is -0.138. The lowest BCUT2D eigenvalue weighted by Crippen LogP contribution is -2.47. The molecule has 4 nitrogen and oxygen atoms in total. The molecule has 1 aromatic rings. The molecule has 4 heteroatoms. The van der Waals surface area contributed by atoms with Crippen molar-refractivity contribution in [1.82, 2.24) is 4.90 Å². The highest BCUT2D eigenvalue weighted by atomic mass is 16.5. The molecule has 1 heterocycles. The summed E-state index contributed by atoms with van der Waals surface area (Å²) in [5.74, 6) is 0.764. The van der Waals surface area contributed by atoms with Crippen LogP contribution in [0.15, 0.2) is 12.1 Å². The normalized spacial score (nSPS) is 18.7. The number of amides is 1. The summed E-state index contributed by atoms with van der Waals surface area (Å²) in [6, 6.07) is 4.07. The molecular formula is C17H25NO3. The number of aliphatic hydroxyl groups excluding tert-OH is 1. The minimum absolute atomic E-state index is 0.0341. The number of ether oxygens (including phenoxy) is 1. The Labute approximate surface area is 126 Å². The molecule has 0 saturated carbocycles. The van der Waals surface area contributed by atoms with Gasteiger partial charge in [0.2, 0.25) is 0 Å². The summed E-state index contributed by atoms with van der Waals surface area (Å²) in [6.07, 6.45) is 2.96. The number of hydrogen-bond donors (Lipinski definition) is 1. The Kier molecular flexibility index (Phi) is 5.23. The number of aliphatic hydroxyl groups is 1. The Bertz CT molecular complexity index is 490. The van der Waals surface area contributed by atoms with Gasteiger partial charge >= 0.3 is 0 Å². The second-order valence-corrected chi connectivity index (χ2v) is 5.94. The highest BCUT2D eigenvalue weighted by Gasteiger charge is 2.26. The molecule has 0 aromatic heterocycles. The van der Waals surface area contributed by atoms with Crippen LogP contribution in [0.3, 0.4) is 0 Å². The van der Waals surface area contributed by atoms with Crippen molar-refractivity contribution in [2.45, 2.75) is 46.1 Å². The Morgan fingerprint density at radius 1 is 1.29 bits per heavy atom. The van der Waals surface area contributed by atoms with Gasteiger partial charge in [-0.1, -0.05) is 17.7 Å². The molecule has 21 heavy (non-hydrogen) atoms. The van der Waals surface area contributed by atoms with Crippen molar-refractivity contribution in [1.29, 1.82) is 0 Å². The summed E-state index contributed by atoms with van der Waals surface area (Å²) in [6.45, 7) is 6.85. The maximum Gasteiger partial charge on any atom is 0.260 e. The number of carbonyl (C=O) groups excluding carboxylic acids is 1.